The van der Waals surface area contributed by atoms with E-state index in [9.17, 15) is 0 Å². The van der Waals surface area contributed by atoms with Crippen LogP contribution in [0.5, 0.6) is 0 Å². The summed E-state index contributed by atoms with van der Waals surface area (Å²) in [5, 5.41) is 0.805. The predicted molar refractivity (Wildman–Crippen MR) is 68.3 cm³/mol. The molecule has 1 saturated heterocycles. The van der Waals surface area contributed by atoms with Crippen molar-refractivity contribution in [2.45, 2.75) is 32.4 Å². The predicted octanol–water partition coefficient (Wildman–Crippen LogP) is 4.09. The Kier molecular flexibility index (Phi) is 3.70. The van der Waals surface area contributed by atoms with Gasteiger partial charge in [0.2, 0.25) is 0 Å². The number of nitrogens with zero attached hydrogens (tertiary/aromatic N) is 1. The summed E-state index contributed by atoms with van der Waals surface area (Å²) in [5.41, 5.74) is 1.29. The van der Waals surface area contributed by atoms with Crippen LogP contribution in [0.25, 0.3) is 0 Å². The van der Waals surface area contributed by atoms with Crippen LogP contribution in [-0.2, 0) is 6.54 Å². The van der Waals surface area contributed by atoms with E-state index >= 15 is 0 Å². The molecule has 0 radical (unpaired) electrons. The van der Waals surface area contributed by atoms with Crippen LogP contribution in [0.15, 0.2) is 22.7 Å². The van der Waals surface area contributed by atoms with Gasteiger partial charge in [0.25, 0.3) is 0 Å². The molecule has 0 amide bonds. The van der Waals surface area contributed by atoms with Gasteiger partial charge >= 0.3 is 0 Å². The van der Waals surface area contributed by atoms with E-state index in [0.717, 1.165) is 16.0 Å². The zero-order valence-electron chi connectivity index (χ0n) is 8.84. The second-order valence-corrected chi connectivity index (χ2v) is 5.37. The molecule has 0 aromatic heterocycles. The molecule has 1 aliphatic heterocycles. The van der Waals surface area contributed by atoms with Crippen molar-refractivity contribution in [3.05, 3.63) is 33.3 Å². The summed E-state index contributed by atoms with van der Waals surface area (Å²) in [6.45, 7) is 4.51. The highest BCUT2D eigenvalue weighted by atomic mass is 79.9. The summed E-state index contributed by atoms with van der Waals surface area (Å²) in [5.74, 6) is 0. The Labute approximate surface area is 105 Å². The summed E-state index contributed by atoms with van der Waals surface area (Å²) in [4.78, 5) is 2.51. The molecular weight excluding hydrogens is 273 g/mol. The molecule has 3 heteroatoms. The second-order valence-electron chi connectivity index (χ2n) is 4.17. The van der Waals surface area contributed by atoms with Crippen molar-refractivity contribution in [1.29, 1.82) is 0 Å². The first-order valence-electron chi connectivity index (χ1n) is 5.35. The SMILES string of the molecule is C[C@@H]1CCCN1Cc1cccc(Cl)c1Br. The van der Waals surface area contributed by atoms with Crippen molar-refractivity contribution < 1.29 is 0 Å². The zero-order chi connectivity index (χ0) is 10.8. The molecule has 0 N–H and O–H groups in total. The van der Waals surface area contributed by atoms with Gasteiger partial charge in [-0.1, -0.05) is 23.7 Å². The van der Waals surface area contributed by atoms with E-state index in [1.54, 1.807) is 0 Å². The number of likely N-dealkylation sites (tertiary alicyclic amines) is 1. The Morgan fingerprint density at radius 3 is 3.00 bits per heavy atom. The van der Waals surface area contributed by atoms with Gasteiger partial charge in [0.15, 0.2) is 0 Å². The van der Waals surface area contributed by atoms with Crippen molar-refractivity contribution in [1.82, 2.24) is 4.90 Å². The minimum absolute atomic E-state index is 0.705. The molecule has 0 aliphatic carbocycles. The number of halogens is 2. The average Bonchev–Trinajstić information content (AvgIpc) is 2.60. The fraction of sp³-hybridized carbons (Fsp3) is 0.500. The maximum Gasteiger partial charge on any atom is 0.0551 e. The normalized spacial score (nSPS) is 22.2. The van der Waals surface area contributed by atoms with E-state index in [1.807, 2.05) is 12.1 Å². The third-order valence-electron chi connectivity index (χ3n) is 3.10. The standard InChI is InChI=1S/C12H15BrClN/c1-9-4-3-7-15(9)8-10-5-2-6-11(14)12(10)13/h2,5-6,9H,3-4,7-8H2,1H3/t9-/m1/s1. The number of hydrogen-bond donors (Lipinski definition) is 0. The van der Waals surface area contributed by atoms with Gasteiger partial charge in [-0.3, -0.25) is 4.90 Å². The molecule has 0 saturated carbocycles. The highest BCUT2D eigenvalue weighted by Gasteiger charge is 2.20. The Morgan fingerprint density at radius 1 is 1.53 bits per heavy atom. The summed E-state index contributed by atoms with van der Waals surface area (Å²) < 4.78 is 1.05. The summed E-state index contributed by atoms with van der Waals surface area (Å²) >= 11 is 9.62. The van der Waals surface area contributed by atoms with Gasteiger partial charge in [-0.05, 0) is 53.9 Å². The first-order valence-corrected chi connectivity index (χ1v) is 6.52. The summed E-state index contributed by atoms with van der Waals surface area (Å²) in [6.07, 6.45) is 2.64. The minimum atomic E-state index is 0.705. The quantitative estimate of drug-likeness (QED) is 0.792. The lowest BCUT2D eigenvalue weighted by Gasteiger charge is -2.21. The summed E-state index contributed by atoms with van der Waals surface area (Å²) in [6, 6.07) is 6.78. The maximum atomic E-state index is 6.07. The van der Waals surface area contributed by atoms with Gasteiger partial charge in [-0.15, -0.1) is 0 Å². The smallest absolute Gasteiger partial charge is 0.0551 e. The van der Waals surface area contributed by atoms with Gasteiger partial charge in [0.05, 0.1) is 5.02 Å². The van der Waals surface area contributed by atoms with E-state index in [-0.39, 0.29) is 0 Å². The summed E-state index contributed by atoms with van der Waals surface area (Å²) in [7, 11) is 0. The van der Waals surface area contributed by atoms with Crippen LogP contribution < -0.4 is 0 Å². The minimum Gasteiger partial charge on any atom is -0.296 e. The molecule has 0 spiro atoms. The Morgan fingerprint density at radius 2 is 2.33 bits per heavy atom. The van der Waals surface area contributed by atoms with Gasteiger partial charge in [-0.2, -0.15) is 0 Å². The molecule has 2 rings (SSSR count). The topological polar surface area (TPSA) is 3.24 Å². The number of benzene rings is 1. The van der Waals surface area contributed by atoms with E-state index in [0.29, 0.717) is 6.04 Å². The molecule has 0 bridgehead atoms. The molecular formula is C12H15BrClN. The van der Waals surface area contributed by atoms with Gasteiger partial charge in [0.1, 0.15) is 0 Å². The van der Waals surface area contributed by atoms with Gasteiger partial charge in [-0.25, -0.2) is 0 Å². The molecule has 1 aromatic rings. The fourth-order valence-electron chi connectivity index (χ4n) is 2.12. The van der Waals surface area contributed by atoms with E-state index in [4.69, 9.17) is 11.6 Å². The molecule has 1 heterocycles. The highest BCUT2D eigenvalue weighted by molar-refractivity contribution is 9.10. The van der Waals surface area contributed by atoms with Crippen LogP contribution >= 0.6 is 27.5 Å². The van der Waals surface area contributed by atoms with Crippen molar-refractivity contribution in [2.75, 3.05) is 6.54 Å². The average molecular weight is 289 g/mol. The monoisotopic (exact) mass is 287 g/mol. The second kappa shape index (κ2) is 4.86. The lowest BCUT2D eigenvalue weighted by Crippen LogP contribution is -2.26. The Balaban J connectivity index is 2.13. The molecule has 82 valence electrons. The molecule has 1 aromatic carbocycles. The highest BCUT2D eigenvalue weighted by Crippen LogP contribution is 2.29. The van der Waals surface area contributed by atoms with E-state index in [1.165, 1.54) is 24.9 Å². The lowest BCUT2D eigenvalue weighted by atomic mass is 10.2. The lowest BCUT2D eigenvalue weighted by molar-refractivity contribution is 0.260. The van der Waals surface area contributed by atoms with Crippen LogP contribution in [0.1, 0.15) is 25.3 Å². The third-order valence-corrected chi connectivity index (χ3v) is 4.58. The first kappa shape index (κ1) is 11.4. The van der Waals surface area contributed by atoms with Crippen LogP contribution in [0.3, 0.4) is 0 Å². The van der Waals surface area contributed by atoms with E-state index in [2.05, 4.69) is 33.8 Å². The van der Waals surface area contributed by atoms with Crippen LogP contribution in [0.2, 0.25) is 5.02 Å². The molecule has 1 fully saturated rings. The molecule has 1 atom stereocenters. The number of rotatable bonds is 2. The molecule has 1 nitrogen and oxygen atoms in total. The Bertz CT molecular complexity index is 353. The van der Waals surface area contributed by atoms with Gasteiger partial charge in [0, 0.05) is 17.1 Å². The van der Waals surface area contributed by atoms with Crippen molar-refractivity contribution >= 4 is 27.5 Å². The molecule has 1 aliphatic rings. The van der Waals surface area contributed by atoms with Crippen LogP contribution in [0.4, 0.5) is 0 Å². The first-order chi connectivity index (χ1) is 7.18. The maximum absolute atomic E-state index is 6.07. The van der Waals surface area contributed by atoms with Crippen molar-refractivity contribution in [2.24, 2.45) is 0 Å². The van der Waals surface area contributed by atoms with Crippen LogP contribution in [0, 0.1) is 0 Å². The largest absolute Gasteiger partial charge is 0.296 e. The number of hydrogen-bond acceptors (Lipinski definition) is 1. The third kappa shape index (κ3) is 2.55. The fourth-order valence-corrected chi connectivity index (χ4v) is 2.70. The van der Waals surface area contributed by atoms with E-state index < -0.39 is 0 Å². The molecule has 0 unspecified atom stereocenters. The van der Waals surface area contributed by atoms with Crippen molar-refractivity contribution in [3.8, 4) is 0 Å². The zero-order valence-corrected chi connectivity index (χ0v) is 11.2. The molecule has 15 heavy (non-hydrogen) atoms. The van der Waals surface area contributed by atoms with Gasteiger partial charge < -0.3 is 0 Å². The van der Waals surface area contributed by atoms with Crippen LogP contribution in [-0.4, -0.2) is 17.5 Å². The van der Waals surface area contributed by atoms with Crippen molar-refractivity contribution in [3.63, 3.8) is 0 Å². The Hall–Kier alpha value is -0.0500.